The third kappa shape index (κ3) is 2.32. The lowest BCUT2D eigenvalue weighted by molar-refractivity contribution is 0.00203. The van der Waals surface area contributed by atoms with Crippen LogP contribution in [0.3, 0.4) is 0 Å². The fourth-order valence-corrected chi connectivity index (χ4v) is 6.95. The average Bonchev–Trinajstić information content (AvgIpc) is 3.29. The second-order valence-corrected chi connectivity index (χ2v) is 9.13. The number of aliphatic hydroxyl groups is 1. The third-order valence-corrected chi connectivity index (χ3v) is 8.34. The lowest BCUT2D eigenvalue weighted by Crippen LogP contribution is -2.42. The molecule has 5 aliphatic rings. The van der Waals surface area contributed by atoms with E-state index in [1.807, 2.05) is 0 Å². The molecule has 0 spiro atoms. The van der Waals surface area contributed by atoms with Gasteiger partial charge in [-0.25, -0.2) is 0 Å². The van der Waals surface area contributed by atoms with Crippen LogP contribution in [0.15, 0.2) is 34.6 Å². The van der Waals surface area contributed by atoms with Gasteiger partial charge in [0.1, 0.15) is 0 Å². The van der Waals surface area contributed by atoms with Crippen LogP contribution in [0.25, 0.3) is 0 Å². The van der Waals surface area contributed by atoms with Crippen molar-refractivity contribution in [1.29, 1.82) is 0 Å². The number of rotatable bonds is 2. The quantitative estimate of drug-likeness (QED) is 0.768. The number of hydrogen-bond donors (Lipinski definition) is 1. The van der Waals surface area contributed by atoms with Gasteiger partial charge in [-0.1, -0.05) is 13.0 Å². The van der Waals surface area contributed by atoms with E-state index in [0.29, 0.717) is 0 Å². The predicted molar refractivity (Wildman–Crippen MR) is 102 cm³/mol. The van der Waals surface area contributed by atoms with Crippen molar-refractivity contribution >= 4 is 0 Å². The first kappa shape index (κ1) is 16.2. The summed E-state index contributed by atoms with van der Waals surface area (Å²) in [5.41, 5.74) is 6.85. The van der Waals surface area contributed by atoms with E-state index in [2.05, 4.69) is 24.0 Å². The zero-order chi connectivity index (χ0) is 17.0. The summed E-state index contributed by atoms with van der Waals surface area (Å²) in [4.78, 5) is 2.64. The summed E-state index contributed by atoms with van der Waals surface area (Å²) in [6.45, 7) is 4.86. The molecule has 136 valence electrons. The van der Waals surface area contributed by atoms with Gasteiger partial charge in [0.2, 0.25) is 0 Å². The summed E-state index contributed by atoms with van der Waals surface area (Å²) in [6.07, 6.45) is 17.4. The van der Waals surface area contributed by atoms with Crippen molar-refractivity contribution in [1.82, 2.24) is 4.90 Å². The van der Waals surface area contributed by atoms with E-state index in [-0.39, 0.29) is 11.5 Å². The van der Waals surface area contributed by atoms with E-state index in [1.54, 1.807) is 22.4 Å². The van der Waals surface area contributed by atoms with E-state index >= 15 is 0 Å². The summed E-state index contributed by atoms with van der Waals surface area (Å²) in [7, 11) is 0. The Balaban J connectivity index is 1.47. The monoisotopic (exact) mass is 339 g/mol. The van der Waals surface area contributed by atoms with Gasteiger partial charge in [0.25, 0.3) is 0 Å². The molecule has 0 aromatic rings. The molecule has 0 aromatic carbocycles. The molecule has 0 amide bonds. The molecule has 0 unspecified atom stereocenters. The standard InChI is InChI=1S/C23H33NO/c1-2-23-12-11-19-18-8-6-17(24-13-3-4-14-24)15-16(18)5-7-20(19)21(23)9-10-22(23)25/h11,15,20-22,25H,2-10,12-14H2,1H3/t20-,21+,22+,23+/m1/s1. The number of likely N-dealkylation sites (tertiary alicyclic amines) is 1. The van der Waals surface area contributed by atoms with Crippen molar-refractivity contribution in [2.75, 3.05) is 13.1 Å². The number of allylic oxidation sites excluding steroid dienone is 6. The van der Waals surface area contributed by atoms with Crippen LogP contribution in [0.1, 0.15) is 71.1 Å². The Bertz CT molecular complexity index is 651. The largest absolute Gasteiger partial charge is 0.393 e. The highest BCUT2D eigenvalue weighted by Crippen LogP contribution is 2.60. The zero-order valence-electron chi connectivity index (χ0n) is 15.8. The van der Waals surface area contributed by atoms with Gasteiger partial charge in [-0.15, -0.1) is 0 Å². The maximum Gasteiger partial charge on any atom is 0.0602 e. The van der Waals surface area contributed by atoms with Gasteiger partial charge in [0.15, 0.2) is 0 Å². The van der Waals surface area contributed by atoms with E-state index in [1.165, 1.54) is 58.0 Å². The Morgan fingerprint density at radius 2 is 1.96 bits per heavy atom. The Kier molecular flexibility index (Phi) is 3.89. The minimum absolute atomic E-state index is 0.0660. The molecule has 25 heavy (non-hydrogen) atoms. The van der Waals surface area contributed by atoms with Crippen molar-refractivity contribution < 1.29 is 5.11 Å². The first-order valence-corrected chi connectivity index (χ1v) is 10.8. The minimum atomic E-state index is -0.0660. The number of aliphatic hydroxyl groups excluding tert-OH is 1. The highest BCUT2D eigenvalue weighted by Gasteiger charge is 2.53. The van der Waals surface area contributed by atoms with Crippen molar-refractivity contribution in [3.05, 3.63) is 34.6 Å². The molecule has 5 rings (SSSR count). The molecule has 1 saturated carbocycles. The number of hydrogen-bond acceptors (Lipinski definition) is 2. The van der Waals surface area contributed by atoms with Gasteiger partial charge in [-0.3, -0.25) is 0 Å². The summed E-state index contributed by atoms with van der Waals surface area (Å²) < 4.78 is 0. The van der Waals surface area contributed by atoms with Crippen molar-refractivity contribution in [3.63, 3.8) is 0 Å². The minimum Gasteiger partial charge on any atom is -0.393 e. The average molecular weight is 340 g/mol. The molecule has 4 atom stereocenters. The first-order valence-electron chi connectivity index (χ1n) is 10.8. The first-order chi connectivity index (χ1) is 12.2. The van der Waals surface area contributed by atoms with Gasteiger partial charge in [-0.05, 0) is 98.8 Å². The van der Waals surface area contributed by atoms with E-state index in [9.17, 15) is 5.11 Å². The molecule has 1 aliphatic heterocycles. The Labute approximate surface area is 152 Å². The SMILES string of the molecule is CC[C@]12CC=C3C4=C(C=C(N5CCCC5)CC4)CC[C@H]3[C@@H]1CC[C@@H]2O. The maximum atomic E-state index is 10.7. The molecule has 1 N–H and O–H groups in total. The second-order valence-electron chi connectivity index (χ2n) is 9.13. The Morgan fingerprint density at radius 3 is 2.76 bits per heavy atom. The molecule has 0 aromatic heterocycles. The normalized spacial score (nSPS) is 40.4. The molecule has 4 aliphatic carbocycles. The highest BCUT2D eigenvalue weighted by molar-refractivity contribution is 5.49. The van der Waals surface area contributed by atoms with Crippen LogP contribution in [0.5, 0.6) is 0 Å². The van der Waals surface area contributed by atoms with Gasteiger partial charge in [0, 0.05) is 24.2 Å². The predicted octanol–water partition coefficient (Wildman–Crippen LogP) is 4.96. The maximum absolute atomic E-state index is 10.7. The van der Waals surface area contributed by atoms with Gasteiger partial charge in [-0.2, -0.15) is 0 Å². The molecule has 0 radical (unpaired) electrons. The molecule has 2 nitrogen and oxygen atoms in total. The Morgan fingerprint density at radius 1 is 1.12 bits per heavy atom. The van der Waals surface area contributed by atoms with Crippen LogP contribution < -0.4 is 0 Å². The lowest BCUT2D eigenvalue weighted by Gasteiger charge is -2.48. The molecule has 2 fully saturated rings. The molecular formula is C23H33NO. The van der Waals surface area contributed by atoms with E-state index in [0.717, 1.165) is 31.1 Å². The molecule has 2 heteroatoms. The van der Waals surface area contributed by atoms with Gasteiger partial charge >= 0.3 is 0 Å². The van der Waals surface area contributed by atoms with E-state index < -0.39 is 0 Å². The second kappa shape index (κ2) is 6.01. The smallest absolute Gasteiger partial charge is 0.0602 e. The van der Waals surface area contributed by atoms with Crippen molar-refractivity contribution in [3.8, 4) is 0 Å². The summed E-state index contributed by atoms with van der Waals surface area (Å²) in [6, 6.07) is 0. The fourth-order valence-electron chi connectivity index (χ4n) is 6.95. The summed E-state index contributed by atoms with van der Waals surface area (Å²) >= 11 is 0. The molecule has 0 bridgehead atoms. The molecule has 1 heterocycles. The van der Waals surface area contributed by atoms with Crippen LogP contribution >= 0.6 is 0 Å². The van der Waals surface area contributed by atoms with Gasteiger partial charge in [0.05, 0.1) is 6.10 Å². The van der Waals surface area contributed by atoms with Crippen LogP contribution in [-0.4, -0.2) is 29.2 Å². The lowest BCUT2D eigenvalue weighted by atomic mass is 9.57. The topological polar surface area (TPSA) is 23.5 Å². The van der Waals surface area contributed by atoms with Gasteiger partial charge < -0.3 is 10.0 Å². The third-order valence-electron chi connectivity index (χ3n) is 8.34. The highest BCUT2D eigenvalue weighted by atomic mass is 16.3. The van der Waals surface area contributed by atoms with Crippen LogP contribution in [0.4, 0.5) is 0 Å². The molecular weight excluding hydrogens is 306 g/mol. The van der Waals surface area contributed by atoms with Crippen molar-refractivity contribution in [2.24, 2.45) is 17.3 Å². The Hall–Kier alpha value is -1.02. The zero-order valence-corrected chi connectivity index (χ0v) is 15.8. The van der Waals surface area contributed by atoms with Crippen LogP contribution in [-0.2, 0) is 0 Å². The summed E-state index contributed by atoms with van der Waals surface area (Å²) in [5.74, 6) is 1.46. The van der Waals surface area contributed by atoms with Crippen molar-refractivity contribution in [2.45, 2.75) is 77.2 Å². The molecule has 1 saturated heterocycles. The van der Waals surface area contributed by atoms with E-state index in [4.69, 9.17) is 0 Å². The summed E-state index contributed by atoms with van der Waals surface area (Å²) in [5, 5.41) is 10.7. The number of fused-ring (bicyclic) bond motifs is 4. The number of nitrogens with zero attached hydrogens (tertiary/aromatic N) is 1. The fraction of sp³-hybridized carbons (Fsp3) is 0.739. The van der Waals surface area contributed by atoms with Crippen LogP contribution in [0, 0.1) is 17.3 Å². The van der Waals surface area contributed by atoms with Crippen LogP contribution in [0.2, 0.25) is 0 Å².